The third-order valence-corrected chi connectivity index (χ3v) is 0.515. The maximum absolute atomic E-state index is 9.70. The molecule has 0 bridgehead atoms. The highest BCUT2D eigenvalue weighted by Gasteiger charge is 2.09. The Labute approximate surface area is 39.9 Å². The van der Waals surface area contributed by atoms with Crippen LogP contribution in [0.1, 0.15) is 0 Å². The summed E-state index contributed by atoms with van der Waals surface area (Å²) in [6.45, 7) is 0. The molecule has 0 aliphatic rings. The highest BCUT2D eigenvalue weighted by atomic mass is 31.2. The van der Waals surface area contributed by atoms with E-state index in [1.807, 2.05) is 0 Å². The van der Waals surface area contributed by atoms with Crippen molar-refractivity contribution in [2.75, 3.05) is 0 Å². The molecule has 0 heterocycles. The van der Waals surface area contributed by atoms with Gasteiger partial charge in [0.2, 0.25) is 0 Å². The molecule has 3 N–H and O–H groups in total. The summed E-state index contributed by atoms with van der Waals surface area (Å²) in [5.74, 6) is 0. The van der Waals surface area contributed by atoms with Crippen LogP contribution in [0.5, 0.6) is 0 Å². The SMILES string of the molecule is N#COP(N)(=O)O. The first-order chi connectivity index (χ1) is 3.06. The molecule has 0 amide bonds. The summed E-state index contributed by atoms with van der Waals surface area (Å²) in [7, 11) is -4.03. The summed E-state index contributed by atoms with van der Waals surface area (Å²) in [5.41, 5.74) is 4.31. The van der Waals surface area contributed by atoms with Crippen molar-refractivity contribution in [3.8, 4) is 6.26 Å². The number of hydrogen-bond donors (Lipinski definition) is 2. The van der Waals surface area contributed by atoms with Crippen LogP contribution in [-0.4, -0.2) is 4.89 Å². The minimum atomic E-state index is -4.03. The quantitative estimate of drug-likeness (QED) is 0.362. The van der Waals surface area contributed by atoms with Crippen molar-refractivity contribution in [3.05, 3.63) is 0 Å². The van der Waals surface area contributed by atoms with E-state index in [1.54, 1.807) is 0 Å². The first-order valence-electron chi connectivity index (χ1n) is 1.25. The maximum Gasteiger partial charge on any atom is 0.463 e. The predicted octanol–water partition coefficient (Wildman–Crippen LogP) is -0.457. The minimum Gasteiger partial charge on any atom is -0.338 e. The molecule has 0 aromatic rings. The van der Waals surface area contributed by atoms with Gasteiger partial charge < -0.3 is 9.42 Å². The van der Waals surface area contributed by atoms with Gasteiger partial charge in [0.1, 0.15) is 0 Å². The third-order valence-electron chi connectivity index (χ3n) is 0.172. The largest absolute Gasteiger partial charge is 0.463 e. The van der Waals surface area contributed by atoms with Crippen LogP contribution in [0, 0.1) is 11.5 Å². The molecule has 40 valence electrons. The highest BCUT2D eigenvalue weighted by Crippen LogP contribution is 2.29. The smallest absolute Gasteiger partial charge is 0.338 e. The molecule has 0 rings (SSSR count). The van der Waals surface area contributed by atoms with E-state index in [-0.39, 0.29) is 0 Å². The van der Waals surface area contributed by atoms with Crippen LogP contribution in [0.4, 0.5) is 0 Å². The Morgan fingerprint density at radius 2 is 2.43 bits per heavy atom. The zero-order valence-electron chi connectivity index (χ0n) is 3.24. The predicted molar refractivity (Wildman–Crippen MR) is 20.7 cm³/mol. The van der Waals surface area contributed by atoms with E-state index < -0.39 is 7.75 Å². The standard InChI is InChI=1S/CH3N2O3P/c2-1-6-7(3,4)5/h(H3,3,4,5). The number of nitriles is 1. The van der Waals surface area contributed by atoms with Gasteiger partial charge in [-0.05, 0) is 0 Å². The summed E-state index contributed by atoms with van der Waals surface area (Å²) >= 11 is 0. The van der Waals surface area contributed by atoms with Crippen molar-refractivity contribution in [1.82, 2.24) is 0 Å². The number of hydrogen-bond acceptors (Lipinski definition) is 3. The second-order valence-corrected chi connectivity index (χ2v) is 2.06. The van der Waals surface area contributed by atoms with Crippen LogP contribution in [0.25, 0.3) is 0 Å². The molecule has 6 heteroatoms. The lowest BCUT2D eigenvalue weighted by Gasteiger charge is -1.93. The van der Waals surface area contributed by atoms with Gasteiger partial charge in [-0.15, -0.1) is 5.26 Å². The second kappa shape index (κ2) is 1.94. The van der Waals surface area contributed by atoms with Crippen LogP contribution < -0.4 is 5.50 Å². The Morgan fingerprint density at radius 1 is 2.00 bits per heavy atom. The molecule has 0 fully saturated rings. The molecule has 0 aliphatic heterocycles. The second-order valence-electron chi connectivity index (χ2n) is 0.747. The van der Waals surface area contributed by atoms with Crippen LogP contribution in [0.2, 0.25) is 0 Å². The molecule has 0 aliphatic carbocycles. The molecular formula is CH3N2O3P. The van der Waals surface area contributed by atoms with Gasteiger partial charge in [-0.25, -0.2) is 10.1 Å². The molecular weight excluding hydrogens is 119 g/mol. The highest BCUT2D eigenvalue weighted by molar-refractivity contribution is 7.50. The molecule has 0 spiro atoms. The van der Waals surface area contributed by atoms with E-state index in [0.29, 0.717) is 0 Å². The summed E-state index contributed by atoms with van der Waals surface area (Å²) in [5, 5.41) is 7.52. The van der Waals surface area contributed by atoms with E-state index in [1.165, 1.54) is 0 Å². The van der Waals surface area contributed by atoms with Crippen molar-refractivity contribution >= 4 is 7.75 Å². The van der Waals surface area contributed by atoms with Gasteiger partial charge in [0, 0.05) is 0 Å². The van der Waals surface area contributed by atoms with Crippen molar-refractivity contribution < 1.29 is 14.0 Å². The Hall–Kier alpha value is -0.560. The summed E-state index contributed by atoms with van der Waals surface area (Å²) in [6, 6.07) is 0. The normalized spacial score (nSPS) is 16.7. The average molecular weight is 122 g/mol. The topological polar surface area (TPSA) is 96.3 Å². The molecule has 0 saturated heterocycles. The van der Waals surface area contributed by atoms with Gasteiger partial charge in [-0.3, -0.25) is 0 Å². The molecule has 7 heavy (non-hydrogen) atoms. The van der Waals surface area contributed by atoms with Gasteiger partial charge in [0.15, 0.2) is 0 Å². The van der Waals surface area contributed by atoms with Crippen molar-refractivity contribution in [2.45, 2.75) is 0 Å². The number of nitrogens with zero attached hydrogens (tertiary/aromatic N) is 1. The summed E-state index contributed by atoms with van der Waals surface area (Å²) in [4.78, 5) is 7.91. The first kappa shape index (κ1) is 6.44. The third kappa shape index (κ3) is 5.44. The monoisotopic (exact) mass is 122 g/mol. The maximum atomic E-state index is 9.70. The van der Waals surface area contributed by atoms with Gasteiger partial charge in [0.25, 0.3) is 6.26 Å². The van der Waals surface area contributed by atoms with Crippen LogP contribution >= 0.6 is 7.75 Å². The molecule has 1 unspecified atom stereocenters. The number of rotatable bonds is 1. The first-order valence-corrected chi connectivity index (χ1v) is 2.90. The van der Waals surface area contributed by atoms with Crippen molar-refractivity contribution in [2.24, 2.45) is 5.50 Å². The lowest BCUT2D eigenvalue weighted by Crippen LogP contribution is -1.92. The van der Waals surface area contributed by atoms with Crippen molar-refractivity contribution in [1.29, 1.82) is 5.26 Å². The fraction of sp³-hybridized carbons (Fsp3) is 0. The Balaban J connectivity index is 3.65. The summed E-state index contributed by atoms with van der Waals surface area (Å²) in [6.07, 6.45) is 0.970. The molecule has 0 aromatic carbocycles. The molecule has 0 aromatic heterocycles. The van der Waals surface area contributed by atoms with Gasteiger partial charge in [-0.1, -0.05) is 0 Å². The van der Waals surface area contributed by atoms with E-state index in [0.717, 1.165) is 6.26 Å². The molecule has 1 atom stereocenters. The lowest BCUT2D eigenvalue weighted by molar-refractivity contribution is 0.360. The Bertz CT molecular complexity index is 130. The van der Waals surface area contributed by atoms with Crippen molar-refractivity contribution in [3.63, 3.8) is 0 Å². The van der Waals surface area contributed by atoms with E-state index in [4.69, 9.17) is 10.2 Å². The van der Waals surface area contributed by atoms with E-state index in [2.05, 4.69) is 10.0 Å². The fourth-order valence-electron chi connectivity index (χ4n) is 0.0585. The lowest BCUT2D eigenvalue weighted by atomic mass is 11.6. The Morgan fingerprint density at radius 3 is 2.43 bits per heavy atom. The zero-order valence-corrected chi connectivity index (χ0v) is 4.13. The van der Waals surface area contributed by atoms with Gasteiger partial charge in [-0.2, -0.15) is 0 Å². The molecule has 5 nitrogen and oxygen atoms in total. The number of nitrogens with two attached hydrogens (primary N) is 1. The molecule has 0 radical (unpaired) electrons. The van der Waals surface area contributed by atoms with Gasteiger partial charge >= 0.3 is 7.75 Å². The van der Waals surface area contributed by atoms with E-state index >= 15 is 0 Å². The van der Waals surface area contributed by atoms with E-state index in [9.17, 15) is 4.57 Å². The minimum absolute atomic E-state index is 0.970. The average Bonchev–Trinajstić information content (AvgIpc) is 1.30. The summed E-state index contributed by atoms with van der Waals surface area (Å²) < 4.78 is 13.1. The zero-order chi connectivity index (χ0) is 5.91. The van der Waals surface area contributed by atoms with Crippen LogP contribution in [-0.2, 0) is 9.09 Å². The fourth-order valence-corrected chi connectivity index (χ4v) is 0.175. The van der Waals surface area contributed by atoms with Gasteiger partial charge in [0.05, 0.1) is 0 Å². The molecule has 0 saturated carbocycles. The van der Waals surface area contributed by atoms with Crippen LogP contribution in [0.15, 0.2) is 0 Å². The Kier molecular flexibility index (Phi) is 1.78. The van der Waals surface area contributed by atoms with Crippen LogP contribution in [0.3, 0.4) is 0 Å².